The summed E-state index contributed by atoms with van der Waals surface area (Å²) in [6.07, 6.45) is 0. The molecule has 0 heterocycles. The molecule has 0 saturated heterocycles. The largest absolute Gasteiger partial charge is 0.493 e. The van der Waals surface area contributed by atoms with Crippen LogP contribution in [0, 0.1) is 0 Å². The van der Waals surface area contributed by atoms with Gasteiger partial charge in [0.1, 0.15) is 5.75 Å². The quantitative estimate of drug-likeness (QED) is 0.669. The third kappa shape index (κ3) is 2.26. The van der Waals surface area contributed by atoms with Crippen LogP contribution in [0.15, 0.2) is 16.6 Å². The average molecular weight is 258 g/mol. The number of anilines is 1. The molecular formula is C10H12BrNO2. The molecule has 0 saturated carbocycles. The van der Waals surface area contributed by atoms with Gasteiger partial charge in [-0.15, -0.1) is 0 Å². The van der Waals surface area contributed by atoms with Gasteiger partial charge in [-0.2, -0.15) is 0 Å². The van der Waals surface area contributed by atoms with Crippen LogP contribution >= 0.6 is 15.9 Å². The van der Waals surface area contributed by atoms with Gasteiger partial charge in [-0.3, -0.25) is 4.79 Å². The van der Waals surface area contributed by atoms with Crippen molar-refractivity contribution in [1.82, 2.24) is 0 Å². The summed E-state index contributed by atoms with van der Waals surface area (Å²) in [5.74, 6) is 0.572. The first-order chi connectivity index (χ1) is 6.56. The lowest BCUT2D eigenvalue weighted by Gasteiger charge is -2.09. The maximum Gasteiger partial charge on any atom is 0.161 e. The number of ketones is 1. The molecule has 4 heteroatoms. The topological polar surface area (TPSA) is 52.3 Å². The maximum absolute atomic E-state index is 11.2. The fourth-order valence-corrected chi connectivity index (χ4v) is 1.76. The van der Waals surface area contributed by atoms with E-state index in [-0.39, 0.29) is 5.78 Å². The van der Waals surface area contributed by atoms with Crippen molar-refractivity contribution in [2.45, 2.75) is 13.8 Å². The van der Waals surface area contributed by atoms with Crippen LogP contribution in [0.4, 0.5) is 5.69 Å². The number of ether oxygens (including phenoxy) is 1. The van der Waals surface area contributed by atoms with E-state index in [4.69, 9.17) is 10.5 Å². The lowest BCUT2D eigenvalue weighted by molar-refractivity contribution is 0.101. The molecule has 1 aromatic rings. The molecule has 0 fully saturated rings. The summed E-state index contributed by atoms with van der Waals surface area (Å²) in [6.45, 7) is 3.91. The van der Waals surface area contributed by atoms with Crippen LogP contribution in [-0.4, -0.2) is 12.4 Å². The normalized spacial score (nSPS) is 9.93. The summed E-state index contributed by atoms with van der Waals surface area (Å²) < 4.78 is 6.00. The van der Waals surface area contributed by atoms with Gasteiger partial charge in [0.25, 0.3) is 0 Å². The van der Waals surface area contributed by atoms with Crippen LogP contribution < -0.4 is 10.5 Å². The van der Waals surface area contributed by atoms with E-state index in [9.17, 15) is 4.79 Å². The van der Waals surface area contributed by atoms with E-state index in [1.54, 1.807) is 12.1 Å². The van der Waals surface area contributed by atoms with Gasteiger partial charge in [0, 0.05) is 17.3 Å². The van der Waals surface area contributed by atoms with Crippen molar-refractivity contribution < 1.29 is 9.53 Å². The zero-order valence-corrected chi connectivity index (χ0v) is 9.72. The van der Waals surface area contributed by atoms with Crippen LogP contribution in [0.1, 0.15) is 24.2 Å². The number of benzene rings is 1. The number of hydrogen-bond acceptors (Lipinski definition) is 3. The molecule has 3 nitrogen and oxygen atoms in total. The van der Waals surface area contributed by atoms with Crippen LogP contribution in [0.2, 0.25) is 0 Å². The van der Waals surface area contributed by atoms with Crippen molar-refractivity contribution in [2.24, 2.45) is 0 Å². The van der Waals surface area contributed by atoms with Crippen molar-refractivity contribution in [3.8, 4) is 5.75 Å². The van der Waals surface area contributed by atoms with E-state index in [1.165, 1.54) is 6.92 Å². The number of nitrogen functional groups attached to an aromatic ring is 1. The highest BCUT2D eigenvalue weighted by atomic mass is 79.9. The van der Waals surface area contributed by atoms with Crippen LogP contribution in [0.25, 0.3) is 0 Å². The summed E-state index contributed by atoms with van der Waals surface area (Å²) in [5.41, 5.74) is 6.72. The van der Waals surface area contributed by atoms with Gasteiger partial charge in [-0.1, -0.05) is 0 Å². The fourth-order valence-electron chi connectivity index (χ4n) is 1.14. The highest BCUT2D eigenvalue weighted by Crippen LogP contribution is 2.31. The third-order valence-electron chi connectivity index (χ3n) is 1.74. The minimum absolute atomic E-state index is 0.0369. The first-order valence-corrected chi connectivity index (χ1v) is 5.08. The van der Waals surface area contributed by atoms with E-state index in [0.29, 0.717) is 28.1 Å². The Labute approximate surface area is 91.4 Å². The second-order valence-electron chi connectivity index (χ2n) is 2.87. The lowest BCUT2D eigenvalue weighted by atomic mass is 10.1. The predicted octanol–water partition coefficient (Wildman–Crippen LogP) is 2.63. The van der Waals surface area contributed by atoms with Gasteiger partial charge < -0.3 is 10.5 Å². The monoisotopic (exact) mass is 257 g/mol. The van der Waals surface area contributed by atoms with Crippen molar-refractivity contribution in [1.29, 1.82) is 0 Å². The molecule has 0 aliphatic heterocycles. The molecule has 1 aromatic carbocycles. The highest BCUT2D eigenvalue weighted by Gasteiger charge is 2.11. The molecule has 0 unspecified atom stereocenters. The van der Waals surface area contributed by atoms with Crippen LogP contribution in [0.5, 0.6) is 5.75 Å². The van der Waals surface area contributed by atoms with Crippen molar-refractivity contribution in [2.75, 3.05) is 12.3 Å². The molecule has 0 spiro atoms. The second-order valence-corrected chi connectivity index (χ2v) is 3.66. The summed E-state index contributed by atoms with van der Waals surface area (Å²) in [5, 5.41) is 0. The third-order valence-corrected chi connectivity index (χ3v) is 2.56. The molecule has 0 aromatic heterocycles. The standard InChI is InChI=1S/C10H12BrNO2/c1-3-14-9-5-7(12)4-8(6(2)13)10(9)11/h4-5H,3,12H2,1-2H3. The van der Waals surface area contributed by atoms with E-state index < -0.39 is 0 Å². The van der Waals surface area contributed by atoms with E-state index >= 15 is 0 Å². The SMILES string of the molecule is CCOc1cc(N)cc(C(C)=O)c1Br. The maximum atomic E-state index is 11.2. The Balaban J connectivity index is 3.24. The van der Waals surface area contributed by atoms with Crippen LogP contribution in [-0.2, 0) is 0 Å². The van der Waals surface area contributed by atoms with Gasteiger partial charge in [-0.05, 0) is 35.8 Å². The minimum atomic E-state index is -0.0369. The Bertz CT molecular complexity index is 363. The number of carbonyl (C=O) groups is 1. The number of rotatable bonds is 3. The van der Waals surface area contributed by atoms with Crippen molar-refractivity contribution in [3.05, 3.63) is 22.2 Å². The molecule has 76 valence electrons. The molecule has 0 aliphatic carbocycles. The molecule has 1 rings (SSSR count). The molecule has 2 N–H and O–H groups in total. The fraction of sp³-hybridized carbons (Fsp3) is 0.300. The highest BCUT2D eigenvalue weighted by molar-refractivity contribution is 9.10. The number of Topliss-reactive ketones (excluding diaryl/α,β-unsaturated/α-hetero) is 1. The summed E-state index contributed by atoms with van der Waals surface area (Å²) in [7, 11) is 0. The van der Waals surface area contributed by atoms with Crippen LogP contribution in [0.3, 0.4) is 0 Å². The molecule has 0 amide bonds. The smallest absolute Gasteiger partial charge is 0.161 e. The average Bonchev–Trinajstić information content (AvgIpc) is 2.10. The Kier molecular flexibility index (Phi) is 3.52. The van der Waals surface area contributed by atoms with Gasteiger partial charge in [0.2, 0.25) is 0 Å². The molecule has 0 aliphatic rings. The summed E-state index contributed by atoms with van der Waals surface area (Å²) in [6, 6.07) is 3.33. The number of halogens is 1. The predicted molar refractivity (Wildman–Crippen MR) is 59.7 cm³/mol. The van der Waals surface area contributed by atoms with E-state index in [2.05, 4.69) is 15.9 Å². The second kappa shape index (κ2) is 4.46. The van der Waals surface area contributed by atoms with Gasteiger partial charge >= 0.3 is 0 Å². The summed E-state index contributed by atoms with van der Waals surface area (Å²) >= 11 is 3.32. The number of carbonyl (C=O) groups excluding carboxylic acids is 1. The zero-order valence-electron chi connectivity index (χ0n) is 8.13. The molecule has 0 radical (unpaired) electrons. The molecule has 14 heavy (non-hydrogen) atoms. The molecule has 0 atom stereocenters. The Hall–Kier alpha value is -1.03. The lowest BCUT2D eigenvalue weighted by Crippen LogP contribution is -2.01. The molecule has 0 bridgehead atoms. The molecular weight excluding hydrogens is 246 g/mol. The van der Waals surface area contributed by atoms with Gasteiger partial charge in [0.15, 0.2) is 5.78 Å². The Morgan fingerprint density at radius 2 is 2.21 bits per heavy atom. The zero-order chi connectivity index (χ0) is 10.7. The van der Waals surface area contributed by atoms with Crippen molar-refractivity contribution in [3.63, 3.8) is 0 Å². The number of nitrogens with two attached hydrogens (primary N) is 1. The first kappa shape index (κ1) is 11.0. The Morgan fingerprint density at radius 3 is 2.71 bits per heavy atom. The van der Waals surface area contributed by atoms with E-state index in [1.807, 2.05) is 6.92 Å². The summed E-state index contributed by atoms with van der Waals surface area (Å²) in [4.78, 5) is 11.2. The number of hydrogen-bond donors (Lipinski definition) is 1. The van der Waals surface area contributed by atoms with Crippen molar-refractivity contribution >= 4 is 27.4 Å². The first-order valence-electron chi connectivity index (χ1n) is 4.29. The Morgan fingerprint density at radius 1 is 1.57 bits per heavy atom. The van der Waals surface area contributed by atoms with Gasteiger partial charge in [-0.25, -0.2) is 0 Å². The van der Waals surface area contributed by atoms with Gasteiger partial charge in [0.05, 0.1) is 11.1 Å². The van der Waals surface area contributed by atoms with E-state index in [0.717, 1.165) is 0 Å². The minimum Gasteiger partial charge on any atom is -0.493 e.